The van der Waals surface area contributed by atoms with E-state index in [-0.39, 0.29) is 11.8 Å². The molecule has 0 amide bonds. The van der Waals surface area contributed by atoms with Crippen molar-refractivity contribution in [1.82, 2.24) is 9.88 Å². The molecular formula is C13H14N2O. The third kappa shape index (κ3) is 1.15. The van der Waals surface area contributed by atoms with Crippen molar-refractivity contribution >= 4 is 16.7 Å². The zero-order valence-electron chi connectivity index (χ0n) is 9.45. The van der Waals surface area contributed by atoms with Gasteiger partial charge in [-0.2, -0.15) is 0 Å². The first-order chi connectivity index (χ1) is 7.68. The SMILES string of the molecule is CN(C)C1Cc2c([nH]c3ccccc23)C1=O. The molecule has 0 bridgehead atoms. The first-order valence-corrected chi connectivity index (χ1v) is 5.48. The van der Waals surface area contributed by atoms with Gasteiger partial charge in [-0.1, -0.05) is 18.2 Å². The first-order valence-electron chi connectivity index (χ1n) is 5.48. The van der Waals surface area contributed by atoms with Gasteiger partial charge in [-0.15, -0.1) is 0 Å². The normalized spacial score (nSPS) is 19.7. The van der Waals surface area contributed by atoms with Crippen LogP contribution in [0.2, 0.25) is 0 Å². The monoisotopic (exact) mass is 214 g/mol. The standard InChI is InChI=1S/C13H14N2O/c1-15(2)11-7-9-8-5-3-4-6-10(8)14-12(9)13(11)16/h3-6,11,14H,7H2,1-2H3. The maximum absolute atomic E-state index is 12.1. The van der Waals surface area contributed by atoms with Crippen molar-refractivity contribution in [3.63, 3.8) is 0 Å². The van der Waals surface area contributed by atoms with Crippen LogP contribution in [0.1, 0.15) is 16.1 Å². The molecule has 1 heterocycles. The molecule has 0 saturated heterocycles. The van der Waals surface area contributed by atoms with Crippen LogP contribution in [0.4, 0.5) is 0 Å². The van der Waals surface area contributed by atoms with Crippen LogP contribution >= 0.6 is 0 Å². The lowest BCUT2D eigenvalue weighted by molar-refractivity contribution is 0.0893. The van der Waals surface area contributed by atoms with E-state index < -0.39 is 0 Å². The summed E-state index contributed by atoms with van der Waals surface area (Å²) in [6.45, 7) is 0. The van der Waals surface area contributed by atoms with E-state index in [4.69, 9.17) is 0 Å². The zero-order valence-corrected chi connectivity index (χ0v) is 9.45. The van der Waals surface area contributed by atoms with Crippen molar-refractivity contribution in [1.29, 1.82) is 0 Å². The van der Waals surface area contributed by atoms with E-state index in [1.807, 2.05) is 37.2 Å². The molecule has 1 aromatic carbocycles. The average molecular weight is 214 g/mol. The van der Waals surface area contributed by atoms with Crippen LogP contribution in [0.5, 0.6) is 0 Å². The summed E-state index contributed by atoms with van der Waals surface area (Å²) in [4.78, 5) is 17.4. The maximum atomic E-state index is 12.1. The number of benzene rings is 1. The van der Waals surface area contributed by atoms with Crippen LogP contribution in [0.15, 0.2) is 24.3 Å². The Balaban J connectivity index is 2.18. The summed E-state index contributed by atoms with van der Waals surface area (Å²) in [7, 11) is 3.91. The molecule has 1 aromatic heterocycles. The summed E-state index contributed by atoms with van der Waals surface area (Å²) in [6, 6.07) is 8.11. The number of Topliss-reactive ketones (excluding diaryl/α,β-unsaturated/α-hetero) is 1. The van der Waals surface area contributed by atoms with Crippen molar-refractivity contribution in [3.05, 3.63) is 35.5 Å². The Labute approximate surface area is 94.1 Å². The number of hydrogen-bond donors (Lipinski definition) is 1. The number of H-pyrrole nitrogens is 1. The summed E-state index contributed by atoms with van der Waals surface area (Å²) >= 11 is 0. The number of likely N-dealkylation sites (N-methyl/N-ethyl adjacent to an activating group) is 1. The van der Waals surface area contributed by atoms with Crippen LogP contribution in [0, 0.1) is 0 Å². The zero-order chi connectivity index (χ0) is 11.3. The largest absolute Gasteiger partial charge is 0.352 e. The van der Waals surface area contributed by atoms with E-state index in [0.29, 0.717) is 0 Å². The number of nitrogens with one attached hydrogen (secondary N) is 1. The van der Waals surface area contributed by atoms with E-state index in [9.17, 15) is 4.79 Å². The molecule has 2 aromatic rings. The highest BCUT2D eigenvalue weighted by Gasteiger charge is 2.34. The fraction of sp³-hybridized carbons (Fsp3) is 0.308. The lowest BCUT2D eigenvalue weighted by atomic mass is 10.1. The van der Waals surface area contributed by atoms with Gasteiger partial charge in [0.15, 0.2) is 5.78 Å². The second-order valence-corrected chi connectivity index (χ2v) is 4.57. The molecule has 16 heavy (non-hydrogen) atoms. The molecule has 1 aliphatic carbocycles. The highest BCUT2D eigenvalue weighted by atomic mass is 16.1. The van der Waals surface area contributed by atoms with Gasteiger partial charge in [0.25, 0.3) is 0 Å². The van der Waals surface area contributed by atoms with E-state index >= 15 is 0 Å². The smallest absolute Gasteiger partial charge is 0.196 e. The minimum Gasteiger partial charge on any atom is -0.352 e. The Morgan fingerprint density at radius 3 is 2.81 bits per heavy atom. The number of para-hydroxylation sites is 1. The van der Waals surface area contributed by atoms with Crippen molar-refractivity contribution in [3.8, 4) is 0 Å². The number of aromatic amines is 1. The van der Waals surface area contributed by atoms with Crippen molar-refractivity contribution in [2.24, 2.45) is 0 Å². The summed E-state index contributed by atoms with van der Waals surface area (Å²) in [6.07, 6.45) is 0.825. The summed E-state index contributed by atoms with van der Waals surface area (Å²) in [5.41, 5.74) is 3.05. The summed E-state index contributed by atoms with van der Waals surface area (Å²) in [5, 5.41) is 1.19. The van der Waals surface area contributed by atoms with Crippen LogP contribution in [0.25, 0.3) is 10.9 Å². The molecule has 1 unspecified atom stereocenters. The lowest BCUT2D eigenvalue weighted by Gasteiger charge is -2.16. The number of carbonyl (C=O) groups is 1. The number of carbonyl (C=O) groups excluding carboxylic acids is 1. The minimum absolute atomic E-state index is 0.00542. The third-order valence-corrected chi connectivity index (χ3v) is 3.38. The van der Waals surface area contributed by atoms with Gasteiger partial charge in [-0.05, 0) is 32.1 Å². The van der Waals surface area contributed by atoms with Gasteiger partial charge in [0.05, 0.1) is 11.7 Å². The topological polar surface area (TPSA) is 36.1 Å². The molecule has 1 aliphatic rings. The minimum atomic E-state index is 0.00542. The fourth-order valence-corrected chi connectivity index (χ4v) is 2.49. The number of fused-ring (bicyclic) bond motifs is 3. The molecule has 3 nitrogen and oxygen atoms in total. The van der Waals surface area contributed by atoms with Gasteiger partial charge in [-0.3, -0.25) is 9.69 Å². The van der Waals surface area contributed by atoms with Crippen molar-refractivity contribution < 1.29 is 4.79 Å². The number of nitrogens with zero attached hydrogens (tertiary/aromatic N) is 1. The second kappa shape index (κ2) is 3.19. The second-order valence-electron chi connectivity index (χ2n) is 4.57. The first kappa shape index (κ1) is 9.60. The number of rotatable bonds is 1. The molecule has 0 radical (unpaired) electrons. The molecule has 82 valence electrons. The van der Waals surface area contributed by atoms with Gasteiger partial charge in [-0.25, -0.2) is 0 Å². The summed E-state index contributed by atoms with van der Waals surface area (Å²) < 4.78 is 0. The molecule has 3 rings (SSSR count). The van der Waals surface area contributed by atoms with Crippen LogP contribution < -0.4 is 0 Å². The predicted molar refractivity (Wildman–Crippen MR) is 63.8 cm³/mol. The molecule has 3 heteroatoms. The van der Waals surface area contributed by atoms with E-state index in [2.05, 4.69) is 11.1 Å². The van der Waals surface area contributed by atoms with Crippen molar-refractivity contribution in [2.45, 2.75) is 12.5 Å². The molecule has 1 N–H and O–H groups in total. The Hall–Kier alpha value is -1.61. The highest BCUT2D eigenvalue weighted by Crippen LogP contribution is 2.31. The highest BCUT2D eigenvalue weighted by molar-refractivity contribution is 6.08. The van der Waals surface area contributed by atoms with Crippen LogP contribution in [-0.4, -0.2) is 35.8 Å². The molecule has 0 aliphatic heterocycles. The summed E-state index contributed by atoms with van der Waals surface area (Å²) in [5.74, 6) is 0.219. The van der Waals surface area contributed by atoms with Gasteiger partial charge in [0.2, 0.25) is 0 Å². The quantitative estimate of drug-likeness (QED) is 0.786. The maximum Gasteiger partial charge on any atom is 0.196 e. The van der Waals surface area contributed by atoms with E-state index in [0.717, 1.165) is 17.6 Å². The number of aromatic nitrogens is 1. The molecule has 0 spiro atoms. The third-order valence-electron chi connectivity index (χ3n) is 3.38. The number of hydrogen-bond acceptors (Lipinski definition) is 2. The van der Waals surface area contributed by atoms with E-state index in [1.54, 1.807) is 0 Å². The molecular weight excluding hydrogens is 200 g/mol. The van der Waals surface area contributed by atoms with Crippen LogP contribution in [-0.2, 0) is 6.42 Å². The van der Waals surface area contributed by atoms with Crippen molar-refractivity contribution in [2.75, 3.05) is 14.1 Å². The Kier molecular flexibility index (Phi) is 1.91. The number of ketones is 1. The Morgan fingerprint density at radius 1 is 1.31 bits per heavy atom. The van der Waals surface area contributed by atoms with Gasteiger partial charge in [0.1, 0.15) is 0 Å². The fourth-order valence-electron chi connectivity index (χ4n) is 2.49. The molecule has 0 saturated carbocycles. The van der Waals surface area contributed by atoms with Gasteiger partial charge < -0.3 is 4.98 Å². The molecule has 1 atom stereocenters. The average Bonchev–Trinajstić information content (AvgIpc) is 2.76. The van der Waals surface area contributed by atoms with Gasteiger partial charge >= 0.3 is 0 Å². The predicted octanol–water partition coefficient (Wildman–Crippen LogP) is 1.84. The van der Waals surface area contributed by atoms with Crippen LogP contribution in [0.3, 0.4) is 0 Å². The molecule has 0 fully saturated rings. The Morgan fingerprint density at radius 2 is 2.06 bits per heavy atom. The Bertz CT molecular complexity index is 568. The van der Waals surface area contributed by atoms with E-state index in [1.165, 1.54) is 10.9 Å². The lowest BCUT2D eigenvalue weighted by Crippen LogP contribution is -2.33. The van der Waals surface area contributed by atoms with Gasteiger partial charge in [0, 0.05) is 10.9 Å².